The summed E-state index contributed by atoms with van der Waals surface area (Å²) >= 11 is 0. The van der Waals surface area contributed by atoms with Gasteiger partial charge in [0.2, 0.25) is 0 Å². The summed E-state index contributed by atoms with van der Waals surface area (Å²) in [7, 11) is -2.88. The molecule has 4 rings (SSSR count). The van der Waals surface area contributed by atoms with Gasteiger partial charge in [0.25, 0.3) is 0 Å². The van der Waals surface area contributed by atoms with Crippen molar-refractivity contribution in [3.05, 3.63) is 46.5 Å². The third-order valence-electron chi connectivity index (χ3n) is 5.90. The van der Waals surface area contributed by atoms with Crippen LogP contribution in [0.5, 0.6) is 0 Å². The first-order valence-corrected chi connectivity index (χ1v) is 11.1. The van der Waals surface area contributed by atoms with Crippen molar-refractivity contribution < 1.29 is 22.6 Å². The number of sulfone groups is 1. The van der Waals surface area contributed by atoms with E-state index < -0.39 is 9.84 Å². The Hall–Kier alpha value is -2.29. The molecule has 9 heteroatoms. The molecule has 2 heterocycles. The molecule has 0 spiro atoms. The number of hydrogen-bond acceptors (Lipinski definition) is 7. The molecule has 1 aromatic carbocycles. The van der Waals surface area contributed by atoms with E-state index in [1.54, 1.807) is 19.1 Å². The van der Waals surface area contributed by atoms with Crippen LogP contribution in [0.3, 0.4) is 0 Å². The van der Waals surface area contributed by atoms with Crippen molar-refractivity contribution >= 4 is 15.5 Å². The Balaban J connectivity index is 1.47. The van der Waals surface area contributed by atoms with E-state index in [0.29, 0.717) is 35.0 Å². The summed E-state index contributed by atoms with van der Waals surface area (Å²) in [4.78, 5) is 0. The van der Waals surface area contributed by atoms with Gasteiger partial charge in [-0.1, -0.05) is 22.4 Å². The number of benzene rings is 1. The summed E-state index contributed by atoms with van der Waals surface area (Å²) in [6, 6.07) is 4.72. The van der Waals surface area contributed by atoms with Crippen LogP contribution >= 0.6 is 0 Å². The summed E-state index contributed by atoms with van der Waals surface area (Å²) in [5.41, 5.74) is 2.62. The predicted octanol–water partition coefficient (Wildman–Crippen LogP) is 2.55. The molecule has 1 N–H and O–H groups in total. The van der Waals surface area contributed by atoms with Crippen molar-refractivity contribution in [3.63, 3.8) is 0 Å². The zero-order valence-corrected chi connectivity index (χ0v) is 16.3. The van der Waals surface area contributed by atoms with Crippen molar-refractivity contribution in [3.8, 4) is 0 Å². The summed E-state index contributed by atoms with van der Waals surface area (Å²) in [5, 5.41) is 20.8. The number of hydrogen-bond donors (Lipinski definition) is 1. The summed E-state index contributed by atoms with van der Waals surface area (Å²) in [6.45, 7) is 1.68. The van der Waals surface area contributed by atoms with E-state index in [4.69, 9.17) is 4.63 Å². The van der Waals surface area contributed by atoms with Gasteiger partial charge in [0.15, 0.2) is 15.5 Å². The third-order valence-corrected chi connectivity index (χ3v) is 7.77. The van der Waals surface area contributed by atoms with Crippen LogP contribution in [-0.2, 0) is 22.7 Å². The molecule has 7 nitrogen and oxygen atoms in total. The molecule has 0 amide bonds. The Labute approximate surface area is 162 Å². The third kappa shape index (κ3) is 3.80. The van der Waals surface area contributed by atoms with Gasteiger partial charge in [0, 0.05) is 6.42 Å². The van der Waals surface area contributed by atoms with Crippen LogP contribution in [0.2, 0.25) is 0 Å². The lowest BCUT2D eigenvalue weighted by Gasteiger charge is -2.10. The Bertz CT molecular complexity index is 998. The monoisotopic (exact) mass is 407 g/mol. The normalized spacial score (nSPS) is 26.5. The summed E-state index contributed by atoms with van der Waals surface area (Å²) < 4.78 is 41.9. The standard InChI is InChI=1S/C19H22FN3O4S/c1-11-4-12(2-3-16(11)20)7-17(21-24)19-18(22-27-23-19)8-13-5-14-9-28(25,26)10-15(14)6-13/h2-4,13-15,24H,5-10H2,1H3. The number of aryl methyl sites for hydroxylation is 1. The second kappa shape index (κ2) is 7.27. The van der Waals surface area contributed by atoms with Crippen molar-refractivity contribution in [2.75, 3.05) is 11.5 Å². The molecule has 1 aromatic heterocycles. The highest BCUT2D eigenvalue weighted by atomic mass is 32.2. The molecule has 1 saturated heterocycles. The Morgan fingerprint density at radius 1 is 1.29 bits per heavy atom. The van der Waals surface area contributed by atoms with Gasteiger partial charge in [-0.25, -0.2) is 17.4 Å². The number of fused-ring (bicyclic) bond motifs is 1. The first kappa shape index (κ1) is 19.0. The predicted molar refractivity (Wildman–Crippen MR) is 99.5 cm³/mol. The molecule has 1 aliphatic heterocycles. The van der Waals surface area contributed by atoms with E-state index >= 15 is 0 Å². The molecular formula is C19H22FN3O4S. The van der Waals surface area contributed by atoms with Gasteiger partial charge >= 0.3 is 0 Å². The molecule has 1 aliphatic carbocycles. The van der Waals surface area contributed by atoms with Crippen LogP contribution in [0.4, 0.5) is 4.39 Å². The maximum atomic E-state index is 13.5. The number of nitrogens with zero attached hydrogens (tertiary/aromatic N) is 3. The smallest absolute Gasteiger partial charge is 0.156 e. The molecule has 2 aliphatic rings. The van der Waals surface area contributed by atoms with Crippen LogP contribution in [0, 0.1) is 30.5 Å². The van der Waals surface area contributed by atoms with E-state index in [1.165, 1.54) is 6.07 Å². The maximum absolute atomic E-state index is 13.5. The zero-order chi connectivity index (χ0) is 19.9. The van der Waals surface area contributed by atoms with Crippen molar-refractivity contribution in [1.82, 2.24) is 10.3 Å². The summed E-state index contributed by atoms with van der Waals surface area (Å²) in [6.07, 6.45) is 2.57. The van der Waals surface area contributed by atoms with Gasteiger partial charge in [0.1, 0.15) is 17.2 Å². The van der Waals surface area contributed by atoms with E-state index in [9.17, 15) is 18.0 Å². The van der Waals surface area contributed by atoms with Gasteiger partial charge < -0.3 is 5.21 Å². The topological polar surface area (TPSA) is 106 Å². The van der Waals surface area contributed by atoms with Crippen LogP contribution in [0.1, 0.15) is 35.4 Å². The van der Waals surface area contributed by atoms with Gasteiger partial charge in [-0.2, -0.15) is 0 Å². The molecule has 0 bridgehead atoms. The Kier molecular flexibility index (Phi) is 4.95. The highest BCUT2D eigenvalue weighted by molar-refractivity contribution is 7.91. The first-order chi connectivity index (χ1) is 13.3. The lowest BCUT2D eigenvalue weighted by Crippen LogP contribution is -2.13. The lowest BCUT2D eigenvalue weighted by atomic mass is 9.96. The number of aromatic nitrogens is 2. The largest absolute Gasteiger partial charge is 0.411 e. The van der Waals surface area contributed by atoms with Crippen molar-refractivity contribution in [1.29, 1.82) is 0 Å². The Morgan fingerprint density at radius 3 is 2.64 bits per heavy atom. The van der Waals surface area contributed by atoms with Crippen molar-refractivity contribution in [2.24, 2.45) is 22.9 Å². The van der Waals surface area contributed by atoms with Crippen molar-refractivity contribution in [2.45, 2.75) is 32.6 Å². The van der Waals surface area contributed by atoms with E-state index in [0.717, 1.165) is 18.4 Å². The second-order valence-corrected chi connectivity index (χ2v) is 10.2. The maximum Gasteiger partial charge on any atom is 0.156 e. The lowest BCUT2D eigenvalue weighted by molar-refractivity contribution is 0.298. The first-order valence-electron chi connectivity index (χ1n) is 9.33. The molecular weight excluding hydrogens is 385 g/mol. The molecule has 1 saturated carbocycles. The number of halogens is 1. The molecule has 2 fully saturated rings. The fraction of sp³-hybridized carbons (Fsp3) is 0.526. The highest BCUT2D eigenvalue weighted by Crippen LogP contribution is 2.43. The molecule has 150 valence electrons. The second-order valence-electron chi connectivity index (χ2n) is 8.01. The number of rotatable bonds is 5. The van der Waals surface area contributed by atoms with E-state index in [2.05, 4.69) is 15.5 Å². The SMILES string of the molecule is Cc1cc(CC(=NO)c2nonc2CC2CC3CS(=O)(=O)CC3C2)ccc1F. The fourth-order valence-electron chi connectivity index (χ4n) is 4.64. The molecule has 2 unspecified atom stereocenters. The molecule has 0 radical (unpaired) electrons. The molecule has 2 aromatic rings. The van der Waals surface area contributed by atoms with Crippen LogP contribution in [-0.4, -0.2) is 41.2 Å². The van der Waals surface area contributed by atoms with Crippen LogP contribution < -0.4 is 0 Å². The van der Waals surface area contributed by atoms with E-state index in [1.807, 2.05) is 0 Å². The minimum atomic E-state index is -2.88. The number of oxime groups is 1. The van der Waals surface area contributed by atoms with Gasteiger partial charge in [0.05, 0.1) is 11.5 Å². The summed E-state index contributed by atoms with van der Waals surface area (Å²) in [5.74, 6) is 1.04. The fourth-order valence-corrected chi connectivity index (χ4v) is 6.90. The minimum Gasteiger partial charge on any atom is -0.411 e. The average Bonchev–Trinajstić information content (AvgIpc) is 3.29. The minimum absolute atomic E-state index is 0.228. The zero-order valence-electron chi connectivity index (χ0n) is 15.5. The van der Waals surface area contributed by atoms with Gasteiger partial charge in [-0.05, 0) is 66.3 Å². The van der Waals surface area contributed by atoms with Crippen LogP contribution in [0.15, 0.2) is 28.0 Å². The quantitative estimate of drug-likeness (QED) is 0.464. The van der Waals surface area contributed by atoms with Gasteiger partial charge in [-0.3, -0.25) is 0 Å². The van der Waals surface area contributed by atoms with Crippen LogP contribution in [0.25, 0.3) is 0 Å². The Morgan fingerprint density at radius 2 is 2.00 bits per heavy atom. The molecule has 28 heavy (non-hydrogen) atoms. The average molecular weight is 407 g/mol. The highest BCUT2D eigenvalue weighted by Gasteiger charge is 2.44. The molecule has 2 atom stereocenters. The van der Waals surface area contributed by atoms with E-state index in [-0.39, 0.29) is 35.6 Å². The van der Waals surface area contributed by atoms with Gasteiger partial charge in [-0.15, -0.1) is 0 Å².